The number of halogens is 1. The summed E-state index contributed by atoms with van der Waals surface area (Å²) in [5.74, 6) is 0.827. The van der Waals surface area contributed by atoms with Crippen LogP contribution in [0.25, 0.3) is 5.69 Å². The molecule has 0 bridgehead atoms. The van der Waals surface area contributed by atoms with Crippen LogP contribution in [0.5, 0.6) is 0 Å². The van der Waals surface area contributed by atoms with Gasteiger partial charge in [-0.1, -0.05) is 18.2 Å². The van der Waals surface area contributed by atoms with E-state index < -0.39 is 0 Å². The lowest BCUT2D eigenvalue weighted by molar-refractivity contribution is -0.120. The Hall–Kier alpha value is -1.85. The van der Waals surface area contributed by atoms with Crippen LogP contribution in [0.2, 0.25) is 0 Å². The molecule has 0 aliphatic heterocycles. The Morgan fingerprint density at radius 1 is 1.25 bits per heavy atom. The van der Waals surface area contributed by atoms with Crippen LogP contribution in [-0.4, -0.2) is 28.8 Å². The standard InChI is InChI=1S/C18H24N4O.ClH/c1-13-17(11-20-18(23)12-19-10-15-8-9-15)14(2)22(21-13)16-6-4-3-5-7-16;/h3-7,15,19H,8-12H2,1-2H3,(H,20,23);1H. The van der Waals surface area contributed by atoms with Crippen LogP contribution in [0.1, 0.15) is 29.8 Å². The molecule has 1 aromatic carbocycles. The van der Waals surface area contributed by atoms with Crippen molar-refractivity contribution in [2.24, 2.45) is 5.92 Å². The molecule has 1 aliphatic rings. The largest absolute Gasteiger partial charge is 0.351 e. The molecular formula is C18H25ClN4O. The number of carbonyl (C=O) groups is 1. The van der Waals surface area contributed by atoms with Gasteiger partial charge in [0, 0.05) is 17.8 Å². The van der Waals surface area contributed by atoms with Gasteiger partial charge in [0.05, 0.1) is 17.9 Å². The quantitative estimate of drug-likeness (QED) is 0.808. The number of aromatic nitrogens is 2. The fraction of sp³-hybridized carbons (Fsp3) is 0.444. The average Bonchev–Trinajstić information content (AvgIpc) is 3.33. The van der Waals surface area contributed by atoms with E-state index in [1.165, 1.54) is 12.8 Å². The maximum Gasteiger partial charge on any atom is 0.234 e. The maximum absolute atomic E-state index is 11.9. The number of aryl methyl sites for hydroxylation is 1. The van der Waals surface area contributed by atoms with Gasteiger partial charge in [-0.25, -0.2) is 4.68 Å². The molecular weight excluding hydrogens is 324 g/mol. The number of nitrogens with zero attached hydrogens (tertiary/aromatic N) is 2. The predicted molar refractivity (Wildman–Crippen MR) is 97.7 cm³/mol. The molecule has 1 aromatic heterocycles. The first-order valence-electron chi connectivity index (χ1n) is 8.23. The Morgan fingerprint density at radius 2 is 1.96 bits per heavy atom. The Morgan fingerprint density at radius 3 is 2.62 bits per heavy atom. The minimum atomic E-state index is 0. The molecule has 3 rings (SSSR count). The number of carbonyl (C=O) groups excluding carboxylic acids is 1. The van der Waals surface area contributed by atoms with E-state index in [2.05, 4.69) is 15.7 Å². The molecule has 1 saturated carbocycles. The van der Waals surface area contributed by atoms with E-state index in [1.54, 1.807) is 0 Å². The summed E-state index contributed by atoms with van der Waals surface area (Å²) in [6.45, 7) is 5.90. The summed E-state index contributed by atoms with van der Waals surface area (Å²) in [7, 11) is 0. The molecule has 1 fully saturated rings. The van der Waals surface area contributed by atoms with Crippen molar-refractivity contribution >= 4 is 18.3 Å². The molecule has 5 nitrogen and oxygen atoms in total. The zero-order valence-electron chi connectivity index (χ0n) is 14.2. The highest BCUT2D eigenvalue weighted by atomic mass is 35.5. The SMILES string of the molecule is Cc1nn(-c2ccccc2)c(C)c1CNC(=O)CNCC1CC1.Cl. The zero-order valence-corrected chi connectivity index (χ0v) is 15.0. The van der Waals surface area contributed by atoms with Crippen molar-refractivity contribution in [3.8, 4) is 5.69 Å². The fourth-order valence-corrected chi connectivity index (χ4v) is 2.71. The molecule has 1 amide bonds. The summed E-state index contributed by atoms with van der Waals surface area (Å²) in [4.78, 5) is 11.9. The van der Waals surface area contributed by atoms with Crippen LogP contribution in [0, 0.1) is 19.8 Å². The van der Waals surface area contributed by atoms with Crippen LogP contribution in [0.3, 0.4) is 0 Å². The molecule has 24 heavy (non-hydrogen) atoms. The van der Waals surface area contributed by atoms with Gasteiger partial charge in [-0.15, -0.1) is 12.4 Å². The van der Waals surface area contributed by atoms with Crippen molar-refractivity contribution < 1.29 is 4.79 Å². The van der Waals surface area contributed by atoms with Crippen molar-refractivity contribution in [2.45, 2.75) is 33.2 Å². The first kappa shape index (κ1) is 18.5. The lowest BCUT2D eigenvalue weighted by atomic mass is 10.2. The van der Waals surface area contributed by atoms with Crippen molar-refractivity contribution in [1.82, 2.24) is 20.4 Å². The Bertz CT molecular complexity index is 680. The van der Waals surface area contributed by atoms with E-state index in [0.717, 1.165) is 35.1 Å². The Balaban J connectivity index is 0.00000208. The predicted octanol–water partition coefficient (Wildman–Crippen LogP) is 2.53. The number of para-hydroxylation sites is 1. The van der Waals surface area contributed by atoms with Crippen LogP contribution in [0.4, 0.5) is 0 Å². The van der Waals surface area contributed by atoms with E-state index in [4.69, 9.17) is 0 Å². The molecule has 6 heteroatoms. The van der Waals surface area contributed by atoms with Crippen molar-refractivity contribution in [2.75, 3.05) is 13.1 Å². The molecule has 0 atom stereocenters. The van der Waals surface area contributed by atoms with Crippen LogP contribution in [-0.2, 0) is 11.3 Å². The fourth-order valence-electron chi connectivity index (χ4n) is 2.71. The molecule has 1 heterocycles. The third-order valence-electron chi connectivity index (χ3n) is 4.32. The summed E-state index contributed by atoms with van der Waals surface area (Å²) in [5, 5.41) is 10.8. The summed E-state index contributed by atoms with van der Waals surface area (Å²) < 4.78 is 1.93. The normalized spacial score (nSPS) is 13.4. The lowest BCUT2D eigenvalue weighted by Crippen LogP contribution is -2.34. The van der Waals surface area contributed by atoms with Crippen LogP contribution < -0.4 is 10.6 Å². The van der Waals surface area contributed by atoms with Gasteiger partial charge in [-0.05, 0) is 51.3 Å². The van der Waals surface area contributed by atoms with Gasteiger partial charge in [0.15, 0.2) is 0 Å². The summed E-state index contributed by atoms with van der Waals surface area (Å²) in [6.07, 6.45) is 2.59. The molecule has 0 saturated heterocycles. The van der Waals surface area contributed by atoms with Gasteiger partial charge in [0.2, 0.25) is 5.91 Å². The van der Waals surface area contributed by atoms with E-state index in [0.29, 0.717) is 13.1 Å². The van der Waals surface area contributed by atoms with Crippen LogP contribution in [0.15, 0.2) is 30.3 Å². The van der Waals surface area contributed by atoms with Crippen molar-refractivity contribution in [3.05, 3.63) is 47.3 Å². The zero-order chi connectivity index (χ0) is 16.2. The minimum Gasteiger partial charge on any atom is -0.351 e. The van der Waals surface area contributed by atoms with E-state index >= 15 is 0 Å². The first-order chi connectivity index (χ1) is 11.1. The van der Waals surface area contributed by atoms with E-state index in [-0.39, 0.29) is 18.3 Å². The van der Waals surface area contributed by atoms with Gasteiger partial charge in [-0.3, -0.25) is 4.79 Å². The second-order valence-corrected chi connectivity index (χ2v) is 6.25. The number of benzene rings is 1. The molecule has 0 spiro atoms. The van der Waals surface area contributed by atoms with E-state index in [1.807, 2.05) is 48.9 Å². The second kappa shape index (κ2) is 8.31. The molecule has 0 unspecified atom stereocenters. The number of nitrogens with one attached hydrogen (secondary N) is 2. The highest BCUT2D eigenvalue weighted by molar-refractivity contribution is 5.85. The Kier molecular flexibility index (Phi) is 6.40. The monoisotopic (exact) mass is 348 g/mol. The highest BCUT2D eigenvalue weighted by Gasteiger charge is 2.20. The smallest absolute Gasteiger partial charge is 0.234 e. The van der Waals surface area contributed by atoms with Gasteiger partial charge >= 0.3 is 0 Å². The second-order valence-electron chi connectivity index (χ2n) is 6.25. The number of hydrogen-bond donors (Lipinski definition) is 2. The molecule has 2 aromatic rings. The first-order valence-corrected chi connectivity index (χ1v) is 8.23. The summed E-state index contributed by atoms with van der Waals surface area (Å²) >= 11 is 0. The van der Waals surface area contributed by atoms with Crippen molar-refractivity contribution in [3.63, 3.8) is 0 Å². The van der Waals surface area contributed by atoms with Crippen LogP contribution >= 0.6 is 12.4 Å². The lowest BCUT2D eigenvalue weighted by Gasteiger charge is -2.08. The molecule has 1 aliphatic carbocycles. The summed E-state index contributed by atoms with van der Waals surface area (Å²) in [6, 6.07) is 10.1. The number of amides is 1. The summed E-state index contributed by atoms with van der Waals surface area (Å²) in [5.41, 5.74) is 4.15. The molecule has 0 radical (unpaired) electrons. The van der Waals surface area contributed by atoms with Gasteiger partial charge < -0.3 is 10.6 Å². The topological polar surface area (TPSA) is 59.0 Å². The third-order valence-corrected chi connectivity index (χ3v) is 4.32. The Labute approximate surface area is 149 Å². The maximum atomic E-state index is 11.9. The number of rotatable bonds is 7. The van der Waals surface area contributed by atoms with E-state index in [9.17, 15) is 4.79 Å². The molecule has 2 N–H and O–H groups in total. The highest BCUT2D eigenvalue weighted by Crippen LogP contribution is 2.27. The minimum absolute atomic E-state index is 0. The third kappa shape index (κ3) is 4.58. The van der Waals surface area contributed by atoms with Crippen molar-refractivity contribution in [1.29, 1.82) is 0 Å². The average molecular weight is 349 g/mol. The molecule has 130 valence electrons. The number of hydrogen-bond acceptors (Lipinski definition) is 3. The van der Waals surface area contributed by atoms with Gasteiger partial charge in [0.1, 0.15) is 0 Å². The van der Waals surface area contributed by atoms with Gasteiger partial charge in [-0.2, -0.15) is 5.10 Å². The van der Waals surface area contributed by atoms with Gasteiger partial charge in [0.25, 0.3) is 0 Å².